The lowest BCUT2D eigenvalue weighted by atomic mass is 10.2. The van der Waals surface area contributed by atoms with Gasteiger partial charge in [0.05, 0.1) is 16.6 Å². The summed E-state index contributed by atoms with van der Waals surface area (Å²) >= 11 is 6.22. The van der Waals surface area contributed by atoms with E-state index in [0.717, 1.165) is 26.2 Å². The van der Waals surface area contributed by atoms with Crippen molar-refractivity contribution in [2.45, 2.75) is 32.9 Å². The quantitative estimate of drug-likeness (QED) is 0.905. The van der Waals surface area contributed by atoms with E-state index < -0.39 is 0 Å². The number of amides is 1. The molecule has 0 aromatic carbocycles. The minimum atomic E-state index is -0.149. The number of hydrogen-bond acceptors (Lipinski definition) is 5. The van der Waals surface area contributed by atoms with Crippen molar-refractivity contribution in [3.05, 3.63) is 22.8 Å². The van der Waals surface area contributed by atoms with Crippen LogP contribution >= 0.6 is 11.6 Å². The Bertz CT molecular complexity index is 605. The molecule has 1 aromatic rings. The molecule has 1 unspecified atom stereocenters. The van der Waals surface area contributed by atoms with Crippen molar-refractivity contribution in [1.29, 1.82) is 5.26 Å². The predicted octanol–water partition coefficient (Wildman–Crippen LogP) is 1.64. The molecule has 1 aromatic heterocycles. The molecular formula is C16H22ClN5O. The zero-order chi connectivity index (χ0) is 17.0. The summed E-state index contributed by atoms with van der Waals surface area (Å²) in [5, 5.41) is 12.3. The molecule has 0 saturated carbocycles. The lowest BCUT2D eigenvalue weighted by Gasteiger charge is -2.38. The third-order valence-corrected chi connectivity index (χ3v) is 4.20. The lowest BCUT2D eigenvalue weighted by molar-refractivity contribution is -0.126. The summed E-state index contributed by atoms with van der Waals surface area (Å²) in [6.07, 6.45) is 1.53. The predicted molar refractivity (Wildman–Crippen MR) is 90.5 cm³/mol. The molecule has 2 heterocycles. The average molecular weight is 336 g/mol. The Balaban J connectivity index is 1.96. The molecule has 7 heteroatoms. The van der Waals surface area contributed by atoms with Crippen LogP contribution in [0.5, 0.6) is 0 Å². The first kappa shape index (κ1) is 17.5. The van der Waals surface area contributed by atoms with Gasteiger partial charge in [0.15, 0.2) is 0 Å². The largest absolute Gasteiger partial charge is 0.353 e. The fourth-order valence-corrected chi connectivity index (χ4v) is 2.90. The van der Waals surface area contributed by atoms with E-state index in [0.29, 0.717) is 16.4 Å². The van der Waals surface area contributed by atoms with E-state index in [1.807, 2.05) is 26.8 Å². The van der Waals surface area contributed by atoms with Gasteiger partial charge in [-0.15, -0.1) is 0 Å². The Kier molecular flexibility index (Phi) is 5.80. The highest BCUT2D eigenvalue weighted by molar-refractivity contribution is 6.33. The Hall–Kier alpha value is -1.84. The number of halogens is 1. The maximum absolute atomic E-state index is 12.1. The first-order valence-electron chi connectivity index (χ1n) is 7.77. The van der Waals surface area contributed by atoms with Crippen molar-refractivity contribution in [1.82, 2.24) is 15.2 Å². The van der Waals surface area contributed by atoms with Crippen LogP contribution in [0.4, 0.5) is 5.82 Å². The molecule has 1 aliphatic rings. The normalized spacial score (nSPS) is 17.0. The summed E-state index contributed by atoms with van der Waals surface area (Å²) in [6.45, 7) is 8.88. The Labute approximate surface area is 142 Å². The Morgan fingerprint density at radius 1 is 1.35 bits per heavy atom. The molecule has 0 bridgehead atoms. The molecule has 1 fully saturated rings. The summed E-state index contributed by atoms with van der Waals surface area (Å²) in [6, 6.07) is 3.66. The maximum Gasteiger partial charge on any atom is 0.237 e. The van der Waals surface area contributed by atoms with Crippen LogP contribution in [-0.4, -0.2) is 54.1 Å². The van der Waals surface area contributed by atoms with E-state index >= 15 is 0 Å². The highest BCUT2D eigenvalue weighted by Gasteiger charge is 2.27. The summed E-state index contributed by atoms with van der Waals surface area (Å²) < 4.78 is 0. The number of nitriles is 1. The number of piperazine rings is 1. The zero-order valence-electron chi connectivity index (χ0n) is 13.7. The van der Waals surface area contributed by atoms with Crippen molar-refractivity contribution in [3.63, 3.8) is 0 Å². The highest BCUT2D eigenvalue weighted by atomic mass is 35.5. The summed E-state index contributed by atoms with van der Waals surface area (Å²) in [5.74, 6) is 0.757. The van der Waals surface area contributed by atoms with E-state index in [2.05, 4.69) is 20.1 Å². The van der Waals surface area contributed by atoms with E-state index in [9.17, 15) is 4.79 Å². The molecule has 23 heavy (non-hydrogen) atoms. The van der Waals surface area contributed by atoms with Crippen LogP contribution in [0.1, 0.15) is 26.3 Å². The molecule has 124 valence electrons. The lowest BCUT2D eigenvalue weighted by Crippen LogP contribution is -2.54. The third-order valence-electron chi connectivity index (χ3n) is 3.92. The SMILES string of the molecule is CC(C)NC(=O)C(C)N1CCN(c2ncc(C#N)cc2Cl)CC1. The van der Waals surface area contributed by atoms with Crippen LogP contribution in [0, 0.1) is 11.3 Å². The van der Waals surface area contributed by atoms with Gasteiger partial charge in [-0.05, 0) is 26.8 Å². The van der Waals surface area contributed by atoms with Crippen molar-refractivity contribution in [2.75, 3.05) is 31.1 Å². The van der Waals surface area contributed by atoms with Crippen molar-refractivity contribution < 1.29 is 4.79 Å². The number of pyridine rings is 1. The van der Waals surface area contributed by atoms with E-state index in [4.69, 9.17) is 16.9 Å². The molecule has 1 amide bonds. The number of hydrogen-bond donors (Lipinski definition) is 1. The molecule has 0 aliphatic carbocycles. The Morgan fingerprint density at radius 3 is 2.52 bits per heavy atom. The second kappa shape index (κ2) is 7.62. The minimum Gasteiger partial charge on any atom is -0.353 e. The molecule has 2 rings (SSSR count). The summed E-state index contributed by atoms with van der Waals surface area (Å²) in [4.78, 5) is 20.6. The van der Waals surface area contributed by atoms with Crippen LogP contribution < -0.4 is 10.2 Å². The molecule has 1 aliphatic heterocycles. The summed E-state index contributed by atoms with van der Waals surface area (Å²) in [5.41, 5.74) is 0.455. The van der Waals surface area contributed by atoms with Crippen LogP contribution in [0.25, 0.3) is 0 Å². The van der Waals surface area contributed by atoms with Crippen molar-refractivity contribution in [3.8, 4) is 6.07 Å². The molecule has 1 saturated heterocycles. The molecule has 0 spiro atoms. The van der Waals surface area contributed by atoms with Crippen LogP contribution in [-0.2, 0) is 4.79 Å². The Morgan fingerprint density at radius 2 is 2.00 bits per heavy atom. The topological polar surface area (TPSA) is 72.3 Å². The third kappa shape index (κ3) is 4.34. The molecule has 1 atom stereocenters. The van der Waals surface area contributed by atoms with Crippen molar-refractivity contribution in [2.24, 2.45) is 0 Å². The number of anilines is 1. The van der Waals surface area contributed by atoms with Gasteiger partial charge in [0.1, 0.15) is 11.9 Å². The fourth-order valence-electron chi connectivity index (χ4n) is 2.62. The second-order valence-electron chi connectivity index (χ2n) is 6.00. The molecular weight excluding hydrogens is 314 g/mol. The number of carbonyl (C=O) groups is 1. The van der Waals surface area contributed by atoms with Gasteiger partial charge in [-0.2, -0.15) is 5.26 Å². The zero-order valence-corrected chi connectivity index (χ0v) is 14.5. The maximum atomic E-state index is 12.1. The van der Waals surface area contributed by atoms with Crippen LogP contribution in [0.2, 0.25) is 5.02 Å². The second-order valence-corrected chi connectivity index (χ2v) is 6.41. The standard InChI is InChI=1S/C16H22ClN5O/c1-11(2)20-16(23)12(3)21-4-6-22(7-5-21)15-14(17)8-13(9-18)10-19-15/h8,10-12H,4-7H2,1-3H3,(H,20,23). The van der Waals surface area contributed by atoms with Gasteiger partial charge in [-0.1, -0.05) is 11.6 Å². The van der Waals surface area contributed by atoms with Crippen LogP contribution in [0.3, 0.4) is 0 Å². The first-order valence-corrected chi connectivity index (χ1v) is 8.15. The monoisotopic (exact) mass is 335 g/mol. The smallest absolute Gasteiger partial charge is 0.237 e. The molecule has 6 nitrogen and oxygen atoms in total. The van der Waals surface area contributed by atoms with Gasteiger partial charge in [0.25, 0.3) is 0 Å². The summed E-state index contributed by atoms with van der Waals surface area (Å²) in [7, 11) is 0. The van der Waals surface area contributed by atoms with Gasteiger partial charge in [-0.25, -0.2) is 4.98 Å². The van der Waals surface area contributed by atoms with Gasteiger partial charge >= 0.3 is 0 Å². The van der Waals surface area contributed by atoms with Gasteiger partial charge in [-0.3, -0.25) is 9.69 Å². The highest BCUT2D eigenvalue weighted by Crippen LogP contribution is 2.25. The number of nitrogens with zero attached hydrogens (tertiary/aromatic N) is 4. The number of aromatic nitrogens is 1. The van der Waals surface area contributed by atoms with Crippen LogP contribution in [0.15, 0.2) is 12.3 Å². The number of rotatable bonds is 4. The number of nitrogens with one attached hydrogen (secondary N) is 1. The van der Waals surface area contributed by atoms with Crippen molar-refractivity contribution >= 4 is 23.3 Å². The van der Waals surface area contributed by atoms with E-state index in [-0.39, 0.29) is 18.0 Å². The van der Waals surface area contributed by atoms with Gasteiger partial charge in [0, 0.05) is 38.4 Å². The average Bonchev–Trinajstić information content (AvgIpc) is 2.53. The minimum absolute atomic E-state index is 0.0583. The molecule has 0 radical (unpaired) electrons. The molecule has 1 N–H and O–H groups in total. The number of carbonyl (C=O) groups excluding carboxylic acids is 1. The van der Waals surface area contributed by atoms with Gasteiger partial charge < -0.3 is 10.2 Å². The van der Waals surface area contributed by atoms with E-state index in [1.165, 1.54) is 6.20 Å². The van der Waals surface area contributed by atoms with E-state index in [1.54, 1.807) is 6.07 Å². The van der Waals surface area contributed by atoms with Gasteiger partial charge in [0.2, 0.25) is 5.91 Å². The first-order chi connectivity index (χ1) is 10.9. The fraction of sp³-hybridized carbons (Fsp3) is 0.562.